The van der Waals surface area contributed by atoms with E-state index in [2.05, 4.69) is 38.2 Å². The zero-order valence-electron chi connectivity index (χ0n) is 9.05. The molecule has 1 aromatic rings. The minimum absolute atomic E-state index is 0.423. The maximum atomic E-state index is 10.1. The Labute approximate surface area is 85.3 Å². The number of benzene rings is 1. The highest BCUT2D eigenvalue weighted by atomic mass is 16.1. The SMILES string of the molecule is Cc1cc(C)c(CNCC=O)cc1C. The van der Waals surface area contributed by atoms with Crippen LogP contribution in [-0.4, -0.2) is 12.8 Å². The van der Waals surface area contributed by atoms with Crippen molar-refractivity contribution in [2.45, 2.75) is 27.3 Å². The predicted octanol–water partition coefficient (Wildman–Crippen LogP) is 1.90. The Hall–Kier alpha value is -1.15. The van der Waals surface area contributed by atoms with Crippen LogP contribution in [0.1, 0.15) is 22.3 Å². The molecule has 0 saturated heterocycles. The molecule has 76 valence electrons. The number of carbonyl (C=O) groups is 1. The molecule has 0 aliphatic heterocycles. The first-order valence-electron chi connectivity index (χ1n) is 4.86. The fraction of sp³-hybridized carbons (Fsp3) is 0.417. The van der Waals surface area contributed by atoms with Gasteiger partial charge in [-0.15, -0.1) is 0 Å². The third-order valence-electron chi connectivity index (χ3n) is 2.50. The summed E-state index contributed by atoms with van der Waals surface area (Å²) in [5, 5.41) is 3.07. The average molecular weight is 191 g/mol. The lowest BCUT2D eigenvalue weighted by molar-refractivity contribution is -0.107. The first-order chi connectivity index (χ1) is 6.65. The lowest BCUT2D eigenvalue weighted by Crippen LogP contribution is -2.16. The van der Waals surface area contributed by atoms with Crippen LogP contribution in [0.5, 0.6) is 0 Å². The van der Waals surface area contributed by atoms with Gasteiger partial charge in [0.2, 0.25) is 0 Å². The number of aryl methyl sites for hydroxylation is 3. The first-order valence-corrected chi connectivity index (χ1v) is 4.86. The van der Waals surface area contributed by atoms with E-state index in [1.807, 2.05) is 0 Å². The third-order valence-corrected chi connectivity index (χ3v) is 2.50. The van der Waals surface area contributed by atoms with Crippen molar-refractivity contribution in [3.8, 4) is 0 Å². The quantitative estimate of drug-likeness (QED) is 0.581. The molecule has 0 radical (unpaired) electrons. The van der Waals surface area contributed by atoms with E-state index in [1.54, 1.807) is 0 Å². The molecule has 0 saturated carbocycles. The van der Waals surface area contributed by atoms with Crippen LogP contribution in [0, 0.1) is 20.8 Å². The molecule has 0 bridgehead atoms. The van der Waals surface area contributed by atoms with Gasteiger partial charge in [0.15, 0.2) is 0 Å². The second-order valence-electron chi connectivity index (χ2n) is 3.66. The van der Waals surface area contributed by atoms with E-state index in [1.165, 1.54) is 22.3 Å². The summed E-state index contributed by atoms with van der Waals surface area (Å²) in [6.45, 7) is 7.52. The van der Waals surface area contributed by atoms with Crippen LogP contribution in [0.15, 0.2) is 12.1 Å². The van der Waals surface area contributed by atoms with Crippen molar-refractivity contribution in [1.82, 2.24) is 5.32 Å². The molecule has 0 amide bonds. The average Bonchev–Trinajstić information content (AvgIpc) is 2.14. The summed E-state index contributed by atoms with van der Waals surface area (Å²) in [5.74, 6) is 0. The Balaban J connectivity index is 2.76. The number of carbonyl (C=O) groups excluding carboxylic acids is 1. The van der Waals surface area contributed by atoms with Crippen LogP contribution in [0.4, 0.5) is 0 Å². The van der Waals surface area contributed by atoms with E-state index in [0.717, 1.165) is 12.8 Å². The van der Waals surface area contributed by atoms with Crippen molar-refractivity contribution in [3.05, 3.63) is 34.4 Å². The Morgan fingerprint density at radius 1 is 1.14 bits per heavy atom. The number of hydrogen-bond donors (Lipinski definition) is 1. The largest absolute Gasteiger partial charge is 0.306 e. The molecule has 1 rings (SSSR count). The normalized spacial score (nSPS) is 10.2. The van der Waals surface area contributed by atoms with Gasteiger partial charge in [0, 0.05) is 6.54 Å². The minimum atomic E-state index is 0.423. The zero-order valence-corrected chi connectivity index (χ0v) is 9.05. The van der Waals surface area contributed by atoms with E-state index < -0.39 is 0 Å². The fourth-order valence-corrected chi connectivity index (χ4v) is 1.48. The monoisotopic (exact) mass is 191 g/mol. The van der Waals surface area contributed by atoms with Crippen LogP contribution < -0.4 is 5.32 Å². The Bertz CT molecular complexity index is 331. The predicted molar refractivity (Wildman–Crippen MR) is 58.4 cm³/mol. The number of rotatable bonds is 4. The summed E-state index contributed by atoms with van der Waals surface area (Å²) in [6.07, 6.45) is 0.885. The molecule has 14 heavy (non-hydrogen) atoms. The summed E-state index contributed by atoms with van der Waals surface area (Å²) in [5.41, 5.74) is 5.18. The fourth-order valence-electron chi connectivity index (χ4n) is 1.48. The summed E-state index contributed by atoms with van der Waals surface area (Å²) in [4.78, 5) is 10.1. The second kappa shape index (κ2) is 4.91. The molecule has 1 N–H and O–H groups in total. The molecule has 0 unspecified atom stereocenters. The molecular weight excluding hydrogens is 174 g/mol. The van der Waals surface area contributed by atoms with Gasteiger partial charge >= 0.3 is 0 Å². The lowest BCUT2D eigenvalue weighted by atomic mass is 10.0. The van der Waals surface area contributed by atoms with Crippen molar-refractivity contribution < 1.29 is 4.79 Å². The maximum absolute atomic E-state index is 10.1. The first kappa shape index (κ1) is 10.9. The maximum Gasteiger partial charge on any atom is 0.133 e. The highest BCUT2D eigenvalue weighted by Gasteiger charge is 2.00. The number of nitrogens with one attached hydrogen (secondary N) is 1. The van der Waals surface area contributed by atoms with Crippen molar-refractivity contribution in [1.29, 1.82) is 0 Å². The summed E-state index contributed by atoms with van der Waals surface area (Å²) in [7, 11) is 0. The minimum Gasteiger partial charge on any atom is -0.306 e. The van der Waals surface area contributed by atoms with E-state index in [0.29, 0.717) is 6.54 Å². The Kier molecular flexibility index (Phi) is 3.84. The molecule has 0 aromatic heterocycles. The molecule has 1 aromatic carbocycles. The Morgan fingerprint density at radius 2 is 1.79 bits per heavy atom. The van der Waals surface area contributed by atoms with Gasteiger partial charge in [0.1, 0.15) is 6.29 Å². The molecule has 0 aliphatic carbocycles. The topological polar surface area (TPSA) is 29.1 Å². The van der Waals surface area contributed by atoms with Gasteiger partial charge in [-0.25, -0.2) is 0 Å². The highest BCUT2D eigenvalue weighted by molar-refractivity contribution is 5.51. The van der Waals surface area contributed by atoms with Gasteiger partial charge < -0.3 is 10.1 Å². The van der Waals surface area contributed by atoms with Crippen LogP contribution in [0.3, 0.4) is 0 Å². The number of aldehydes is 1. The lowest BCUT2D eigenvalue weighted by Gasteiger charge is -2.09. The molecule has 2 nitrogen and oxygen atoms in total. The van der Waals surface area contributed by atoms with Crippen molar-refractivity contribution in [2.75, 3.05) is 6.54 Å². The molecule has 0 spiro atoms. The molecule has 0 heterocycles. The zero-order chi connectivity index (χ0) is 10.6. The molecule has 2 heteroatoms. The smallest absolute Gasteiger partial charge is 0.133 e. The third kappa shape index (κ3) is 2.67. The molecular formula is C12H17NO. The van der Waals surface area contributed by atoms with Crippen LogP contribution >= 0.6 is 0 Å². The van der Waals surface area contributed by atoms with Gasteiger partial charge in [-0.3, -0.25) is 0 Å². The highest BCUT2D eigenvalue weighted by Crippen LogP contribution is 2.14. The summed E-state index contributed by atoms with van der Waals surface area (Å²) in [6, 6.07) is 4.37. The van der Waals surface area contributed by atoms with Gasteiger partial charge in [0.25, 0.3) is 0 Å². The molecule has 0 aliphatic rings. The van der Waals surface area contributed by atoms with Crippen LogP contribution in [-0.2, 0) is 11.3 Å². The molecule has 0 fully saturated rings. The van der Waals surface area contributed by atoms with E-state index in [4.69, 9.17) is 0 Å². The Morgan fingerprint density at radius 3 is 2.43 bits per heavy atom. The molecule has 0 atom stereocenters. The standard InChI is InChI=1S/C12H17NO/c1-9-6-11(3)12(7-10(9)2)8-13-4-5-14/h5-7,13H,4,8H2,1-3H3. The van der Waals surface area contributed by atoms with Gasteiger partial charge in [0.05, 0.1) is 6.54 Å². The second-order valence-corrected chi connectivity index (χ2v) is 3.66. The van der Waals surface area contributed by atoms with E-state index >= 15 is 0 Å². The summed E-state index contributed by atoms with van der Waals surface area (Å²) >= 11 is 0. The summed E-state index contributed by atoms with van der Waals surface area (Å²) < 4.78 is 0. The van der Waals surface area contributed by atoms with Crippen molar-refractivity contribution in [3.63, 3.8) is 0 Å². The van der Waals surface area contributed by atoms with E-state index in [9.17, 15) is 4.79 Å². The van der Waals surface area contributed by atoms with Crippen LogP contribution in [0.25, 0.3) is 0 Å². The van der Waals surface area contributed by atoms with Crippen molar-refractivity contribution >= 4 is 6.29 Å². The van der Waals surface area contributed by atoms with E-state index in [-0.39, 0.29) is 0 Å². The van der Waals surface area contributed by atoms with Gasteiger partial charge in [-0.1, -0.05) is 12.1 Å². The number of hydrogen-bond acceptors (Lipinski definition) is 2. The van der Waals surface area contributed by atoms with Crippen molar-refractivity contribution in [2.24, 2.45) is 0 Å². The van der Waals surface area contributed by atoms with Gasteiger partial charge in [-0.05, 0) is 43.0 Å². The van der Waals surface area contributed by atoms with Crippen LogP contribution in [0.2, 0.25) is 0 Å². The van der Waals surface area contributed by atoms with Gasteiger partial charge in [-0.2, -0.15) is 0 Å².